The second-order valence-electron chi connectivity index (χ2n) is 3.81. The van der Waals surface area contributed by atoms with Crippen LogP contribution in [-0.4, -0.2) is 19.0 Å². The van der Waals surface area contributed by atoms with Gasteiger partial charge in [0.05, 0.1) is 0 Å². The van der Waals surface area contributed by atoms with Crippen molar-refractivity contribution in [2.24, 2.45) is 0 Å². The molecule has 0 atom stereocenters. The van der Waals surface area contributed by atoms with Gasteiger partial charge in [-0.25, -0.2) is 0 Å². The fourth-order valence-corrected chi connectivity index (χ4v) is 1.50. The number of rotatable bonds is 5. The van der Waals surface area contributed by atoms with Crippen molar-refractivity contribution in [3.05, 3.63) is 66.5 Å². The minimum absolute atomic E-state index is 0.200. The molecular weight excluding hydrogens is 228 g/mol. The van der Waals surface area contributed by atoms with E-state index in [0.29, 0.717) is 19.0 Å². The van der Waals surface area contributed by atoms with Crippen LogP contribution in [0.1, 0.15) is 0 Å². The lowest BCUT2D eigenvalue weighted by molar-refractivity contribution is -0.114. The van der Waals surface area contributed by atoms with E-state index in [4.69, 9.17) is 9.47 Å². The summed E-state index contributed by atoms with van der Waals surface area (Å²) in [6.07, 6.45) is 4.74. The molecule has 0 N–H and O–H groups in total. The molecule has 92 valence electrons. The van der Waals surface area contributed by atoms with Gasteiger partial charge in [0.25, 0.3) is 0 Å². The van der Waals surface area contributed by atoms with E-state index < -0.39 is 0 Å². The quantitative estimate of drug-likeness (QED) is 0.745. The van der Waals surface area contributed by atoms with Crippen LogP contribution < -0.4 is 4.74 Å². The predicted molar refractivity (Wildman–Crippen MR) is 69.3 cm³/mol. The molecule has 0 bridgehead atoms. The first-order valence-electron chi connectivity index (χ1n) is 5.67. The number of allylic oxidation sites excluding steroid dienone is 3. The van der Waals surface area contributed by atoms with Crippen molar-refractivity contribution >= 4 is 5.78 Å². The Morgan fingerprint density at radius 1 is 1.33 bits per heavy atom. The van der Waals surface area contributed by atoms with E-state index in [1.807, 2.05) is 36.4 Å². The standard InChI is InChI=1S/C15H14O3/c1-2-14(16)15-9-8-12(11-18-15)10-17-13-6-4-3-5-7-13/h2-9H,1,10-11H2. The Kier molecular flexibility index (Phi) is 3.97. The van der Waals surface area contributed by atoms with Gasteiger partial charge in [-0.1, -0.05) is 30.9 Å². The molecule has 1 aromatic rings. The van der Waals surface area contributed by atoms with Crippen molar-refractivity contribution in [1.82, 2.24) is 0 Å². The van der Waals surface area contributed by atoms with Crippen molar-refractivity contribution in [2.75, 3.05) is 13.2 Å². The van der Waals surface area contributed by atoms with Gasteiger partial charge >= 0.3 is 0 Å². The number of ether oxygens (including phenoxy) is 2. The molecule has 1 aliphatic heterocycles. The third-order valence-corrected chi connectivity index (χ3v) is 2.48. The number of hydrogen-bond donors (Lipinski definition) is 0. The second-order valence-corrected chi connectivity index (χ2v) is 3.81. The molecule has 0 amide bonds. The molecular formula is C15H14O3. The molecule has 1 heterocycles. The minimum atomic E-state index is -0.200. The van der Waals surface area contributed by atoms with Crippen molar-refractivity contribution in [3.8, 4) is 5.75 Å². The number of benzene rings is 1. The number of ketones is 1. The van der Waals surface area contributed by atoms with Crippen molar-refractivity contribution in [2.45, 2.75) is 0 Å². The van der Waals surface area contributed by atoms with Crippen LogP contribution in [0.4, 0.5) is 0 Å². The summed E-state index contributed by atoms with van der Waals surface area (Å²) in [6, 6.07) is 9.56. The number of carbonyl (C=O) groups excluding carboxylic acids is 1. The summed E-state index contributed by atoms with van der Waals surface area (Å²) in [5.74, 6) is 0.943. The highest BCUT2D eigenvalue weighted by Crippen LogP contribution is 2.14. The van der Waals surface area contributed by atoms with Gasteiger partial charge < -0.3 is 9.47 Å². The lowest BCUT2D eigenvalue weighted by atomic mass is 10.2. The van der Waals surface area contributed by atoms with Crippen molar-refractivity contribution in [3.63, 3.8) is 0 Å². The summed E-state index contributed by atoms with van der Waals surface area (Å²) < 4.78 is 10.9. The zero-order chi connectivity index (χ0) is 12.8. The molecule has 0 aliphatic carbocycles. The van der Waals surface area contributed by atoms with Crippen LogP contribution in [0.25, 0.3) is 0 Å². The van der Waals surface area contributed by atoms with E-state index in [1.54, 1.807) is 6.08 Å². The van der Waals surface area contributed by atoms with E-state index in [0.717, 1.165) is 11.3 Å². The molecule has 0 spiro atoms. The monoisotopic (exact) mass is 242 g/mol. The number of para-hydroxylation sites is 1. The summed E-state index contributed by atoms with van der Waals surface area (Å²) in [7, 11) is 0. The molecule has 0 fully saturated rings. The van der Waals surface area contributed by atoms with Gasteiger partial charge in [0.15, 0.2) is 5.76 Å². The molecule has 0 saturated heterocycles. The van der Waals surface area contributed by atoms with Crippen LogP contribution in [0, 0.1) is 0 Å². The van der Waals surface area contributed by atoms with Crippen LogP contribution >= 0.6 is 0 Å². The number of carbonyl (C=O) groups is 1. The normalized spacial score (nSPS) is 14.0. The molecule has 0 aromatic heterocycles. The van der Waals surface area contributed by atoms with Crippen LogP contribution in [0.2, 0.25) is 0 Å². The predicted octanol–water partition coefficient (Wildman–Crippen LogP) is 2.66. The zero-order valence-electron chi connectivity index (χ0n) is 9.96. The first-order chi connectivity index (χ1) is 8.79. The lowest BCUT2D eigenvalue weighted by Gasteiger charge is -2.15. The SMILES string of the molecule is C=CC(=O)C1=CC=C(COc2ccccc2)CO1. The Morgan fingerprint density at radius 2 is 2.11 bits per heavy atom. The number of hydrogen-bond acceptors (Lipinski definition) is 3. The summed E-state index contributed by atoms with van der Waals surface area (Å²) in [4.78, 5) is 11.3. The first kappa shape index (κ1) is 12.2. The van der Waals surface area contributed by atoms with Gasteiger partial charge in [-0.2, -0.15) is 0 Å². The fourth-order valence-electron chi connectivity index (χ4n) is 1.50. The van der Waals surface area contributed by atoms with Gasteiger partial charge in [0.1, 0.15) is 19.0 Å². The molecule has 0 saturated carbocycles. The van der Waals surface area contributed by atoms with Gasteiger partial charge in [-0.05, 0) is 24.3 Å². The molecule has 1 aromatic carbocycles. The molecule has 0 unspecified atom stereocenters. The van der Waals surface area contributed by atoms with E-state index in [2.05, 4.69) is 6.58 Å². The molecule has 3 nitrogen and oxygen atoms in total. The maximum Gasteiger partial charge on any atom is 0.219 e. The molecule has 1 aliphatic rings. The summed E-state index contributed by atoms with van der Waals surface area (Å²) in [5, 5.41) is 0. The molecule has 3 heteroatoms. The summed E-state index contributed by atoms with van der Waals surface area (Å²) in [6.45, 7) is 4.24. The summed E-state index contributed by atoms with van der Waals surface area (Å²) >= 11 is 0. The van der Waals surface area contributed by atoms with Crippen LogP contribution in [0.3, 0.4) is 0 Å². The van der Waals surface area contributed by atoms with Crippen molar-refractivity contribution in [1.29, 1.82) is 0 Å². The summed E-state index contributed by atoms with van der Waals surface area (Å²) in [5.41, 5.74) is 0.986. The van der Waals surface area contributed by atoms with E-state index in [1.165, 1.54) is 6.08 Å². The van der Waals surface area contributed by atoms with Gasteiger partial charge in [0, 0.05) is 5.57 Å². The Bertz CT molecular complexity index is 498. The second kappa shape index (κ2) is 5.87. The van der Waals surface area contributed by atoms with E-state index in [9.17, 15) is 4.79 Å². The average molecular weight is 242 g/mol. The Balaban J connectivity index is 1.92. The van der Waals surface area contributed by atoms with Gasteiger partial charge in [-0.15, -0.1) is 0 Å². The third kappa shape index (κ3) is 3.10. The Hall–Kier alpha value is -2.29. The smallest absolute Gasteiger partial charge is 0.219 e. The third-order valence-electron chi connectivity index (χ3n) is 2.48. The average Bonchev–Trinajstić information content (AvgIpc) is 2.46. The molecule has 2 rings (SSSR count). The van der Waals surface area contributed by atoms with Gasteiger partial charge in [0.2, 0.25) is 5.78 Å². The van der Waals surface area contributed by atoms with Crippen LogP contribution in [-0.2, 0) is 9.53 Å². The lowest BCUT2D eigenvalue weighted by Crippen LogP contribution is -2.13. The minimum Gasteiger partial charge on any atom is -0.489 e. The highest BCUT2D eigenvalue weighted by molar-refractivity contribution is 6.02. The van der Waals surface area contributed by atoms with Crippen molar-refractivity contribution < 1.29 is 14.3 Å². The first-order valence-corrected chi connectivity index (χ1v) is 5.67. The Labute approximate surface area is 106 Å². The maximum atomic E-state index is 11.3. The maximum absolute atomic E-state index is 11.3. The van der Waals surface area contributed by atoms with E-state index in [-0.39, 0.29) is 5.78 Å². The van der Waals surface area contributed by atoms with Crippen LogP contribution in [0.15, 0.2) is 66.5 Å². The highest BCUT2D eigenvalue weighted by atomic mass is 16.5. The fraction of sp³-hybridized carbons (Fsp3) is 0.133. The molecule has 18 heavy (non-hydrogen) atoms. The zero-order valence-corrected chi connectivity index (χ0v) is 9.96. The molecule has 0 radical (unpaired) electrons. The van der Waals surface area contributed by atoms with Gasteiger partial charge in [-0.3, -0.25) is 4.79 Å². The topological polar surface area (TPSA) is 35.5 Å². The largest absolute Gasteiger partial charge is 0.489 e. The van der Waals surface area contributed by atoms with E-state index >= 15 is 0 Å². The van der Waals surface area contributed by atoms with Crippen LogP contribution in [0.5, 0.6) is 5.75 Å². The Morgan fingerprint density at radius 3 is 2.72 bits per heavy atom. The highest BCUT2D eigenvalue weighted by Gasteiger charge is 2.12.